The molecule has 0 saturated carbocycles. The number of alkyl halides is 4. The first-order chi connectivity index (χ1) is 18.0. The fourth-order valence-electron chi connectivity index (χ4n) is 4.47. The number of unbranched alkanes of at least 4 members (excludes halogenated alkanes) is 2. The highest BCUT2D eigenvalue weighted by Gasteiger charge is 2.35. The van der Waals surface area contributed by atoms with Gasteiger partial charge in [0, 0.05) is 12.5 Å². The zero-order chi connectivity index (χ0) is 28.0. The lowest BCUT2D eigenvalue weighted by Gasteiger charge is -2.21. The molecule has 0 N–H and O–H groups in total. The molecule has 1 nitrogen and oxygen atoms in total. The highest BCUT2D eigenvalue weighted by molar-refractivity contribution is 5.74. The summed E-state index contributed by atoms with van der Waals surface area (Å²) in [4.78, 5) is 0. The van der Waals surface area contributed by atoms with Gasteiger partial charge in [-0.1, -0.05) is 57.4 Å². The Hall–Kier alpha value is -3.03. The Labute approximate surface area is 218 Å². The number of benzene rings is 3. The Morgan fingerprint density at radius 3 is 2.08 bits per heavy atom. The number of aryl methyl sites for hydroxylation is 2. The van der Waals surface area contributed by atoms with Crippen molar-refractivity contribution in [2.24, 2.45) is 0 Å². The lowest BCUT2D eigenvalue weighted by Crippen LogP contribution is -2.15. The minimum Gasteiger partial charge on any atom is -0.486 e. The summed E-state index contributed by atoms with van der Waals surface area (Å²) in [5.74, 6) is -7.55. The third kappa shape index (κ3) is 6.69. The fraction of sp³-hybridized carbons (Fsp3) is 0.400. The van der Waals surface area contributed by atoms with Gasteiger partial charge >= 0.3 is 0 Å². The predicted molar refractivity (Wildman–Crippen MR) is 134 cm³/mol. The van der Waals surface area contributed by atoms with Crippen LogP contribution in [0, 0.1) is 17.5 Å². The highest BCUT2D eigenvalue weighted by atomic mass is 19.3. The van der Waals surface area contributed by atoms with Crippen molar-refractivity contribution in [1.82, 2.24) is 0 Å². The molecule has 0 aliphatic carbocycles. The summed E-state index contributed by atoms with van der Waals surface area (Å²) < 4.78 is 107. The summed E-state index contributed by atoms with van der Waals surface area (Å²) in [7, 11) is 0. The maximum Gasteiger partial charge on any atom is 0.273 e. The van der Waals surface area contributed by atoms with E-state index in [1.807, 2.05) is 0 Å². The van der Waals surface area contributed by atoms with Crippen LogP contribution in [0.1, 0.15) is 80.7 Å². The molecule has 0 saturated heterocycles. The maximum atomic E-state index is 15.3. The van der Waals surface area contributed by atoms with E-state index in [9.17, 15) is 22.0 Å². The van der Waals surface area contributed by atoms with Crippen LogP contribution in [-0.4, -0.2) is 0 Å². The Bertz CT molecular complexity index is 1250. The van der Waals surface area contributed by atoms with E-state index < -0.39 is 64.4 Å². The summed E-state index contributed by atoms with van der Waals surface area (Å²) in [6, 6.07) is 8.94. The van der Waals surface area contributed by atoms with Gasteiger partial charge in [-0.2, -0.15) is 0 Å². The summed E-state index contributed by atoms with van der Waals surface area (Å²) in [5, 5.41) is 0. The second-order valence-corrected chi connectivity index (χ2v) is 9.41. The third-order valence-corrected chi connectivity index (χ3v) is 6.40. The van der Waals surface area contributed by atoms with Crippen molar-refractivity contribution in [3.05, 3.63) is 87.7 Å². The van der Waals surface area contributed by atoms with Gasteiger partial charge in [0.1, 0.15) is 18.2 Å². The molecule has 0 atom stereocenters. The topological polar surface area (TPSA) is 9.23 Å². The first kappa shape index (κ1) is 29.5. The SMILES string of the molecule is CCCCCc1ccc(COc2ccc(-c3ccc(CCC)c(F)c3C(C)(F)F)c(C(F)F)c2F)c(F)c1. The van der Waals surface area contributed by atoms with Crippen LogP contribution in [0.15, 0.2) is 42.5 Å². The number of rotatable bonds is 12. The van der Waals surface area contributed by atoms with E-state index in [0.717, 1.165) is 43.0 Å². The van der Waals surface area contributed by atoms with E-state index in [0.29, 0.717) is 19.8 Å². The first-order valence-corrected chi connectivity index (χ1v) is 12.7. The van der Waals surface area contributed by atoms with Crippen LogP contribution in [-0.2, 0) is 25.4 Å². The lowest BCUT2D eigenvalue weighted by atomic mass is 9.89. The normalized spacial score (nSPS) is 11.9. The molecule has 0 aliphatic heterocycles. The number of hydrogen-bond acceptors (Lipinski definition) is 1. The Morgan fingerprint density at radius 2 is 1.47 bits per heavy atom. The molecule has 8 heteroatoms. The molecule has 206 valence electrons. The monoisotopic (exact) mass is 540 g/mol. The molecule has 0 amide bonds. The van der Waals surface area contributed by atoms with E-state index in [-0.39, 0.29) is 17.5 Å². The number of ether oxygens (including phenoxy) is 1. The number of halogens is 7. The van der Waals surface area contributed by atoms with Gasteiger partial charge in [0.05, 0.1) is 11.1 Å². The Morgan fingerprint density at radius 1 is 0.789 bits per heavy atom. The third-order valence-electron chi connectivity index (χ3n) is 6.40. The van der Waals surface area contributed by atoms with Gasteiger partial charge in [-0.3, -0.25) is 0 Å². The van der Waals surface area contributed by atoms with Crippen LogP contribution < -0.4 is 4.74 Å². The van der Waals surface area contributed by atoms with Gasteiger partial charge < -0.3 is 4.74 Å². The standard InChI is InChI=1S/C30H31F7O/c1-4-6-7-9-18-10-11-20(23(31)16-18)17-38-24-15-14-21(25(28(24)33)29(34)35)22-13-12-19(8-5-2)27(32)26(22)30(3,36)37/h10-16,29H,4-9,17H2,1-3H3. The average Bonchev–Trinajstić information content (AvgIpc) is 2.84. The van der Waals surface area contributed by atoms with Crippen molar-refractivity contribution >= 4 is 0 Å². The van der Waals surface area contributed by atoms with E-state index in [1.165, 1.54) is 18.2 Å². The van der Waals surface area contributed by atoms with Gasteiger partial charge in [0.25, 0.3) is 12.3 Å². The minimum absolute atomic E-state index is 0.0187. The van der Waals surface area contributed by atoms with Gasteiger partial charge in [-0.05, 0) is 59.7 Å². The van der Waals surface area contributed by atoms with Crippen LogP contribution in [0.5, 0.6) is 5.75 Å². The van der Waals surface area contributed by atoms with Crippen molar-refractivity contribution < 1.29 is 35.5 Å². The van der Waals surface area contributed by atoms with E-state index in [4.69, 9.17) is 4.74 Å². The van der Waals surface area contributed by atoms with Crippen LogP contribution in [0.4, 0.5) is 30.7 Å². The summed E-state index contributed by atoms with van der Waals surface area (Å²) >= 11 is 0. The van der Waals surface area contributed by atoms with Crippen molar-refractivity contribution in [3.63, 3.8) is 0 Å². The van der Waals surface area contributed by atoms with E-state index in [1.54, 1.807) is 13.0 Å². The second kappa shape index (κ2) is 12.7. The quantitative estimate of drug-likeness (QED) is 0.164. The smallest absolute Gasteiger partial charge is 0.273 e. The molecule has 0 aromatic heterocycles. The summed E-state index contributed by atoms with van der Waals surface area (Å²) in [5.41, 5.74) is -2.43. The zero-order valence-corrected chi connectivity index (χ0v) is 21.6. The van der Waals surface area contributed by atoms with Crippen molar-refractivity contribution in [3.8, 4) is 16.9 Å². The van der Waals surface area contributed by atoms with E-state index >= 15 is 8.78 Å². The van der Waals surface area contributed by atoms with Crippen LogP contribution >= 0.6 is 0 Å². The maximum absolute atomic E-state index is 15.3. The van der Waals surface area contributed by atoms with Gasteiger partial charge in [-0.25, -0.2) is 30.7 Å². The lowest BCUT2D eigenvalue weighted by molar-refractivity contribution is 0.0142. The molecular weight excluding hydrogens is 509 g/mol. The highest BCUT2D eigenvalue weighted by Crippen LogP contribution is 2.44. The molecule has 0 unspecified atom stereocenters. The largest absolute Gasteiger partial charge is 0.486 e. The Kier molecular flexibility index (Phi) is 9.85. The van der Waals surface area contributed by atoms with Crippen LogP contribution in [0.3, 0.4) is 0 Å². The van der Waals surface area contributed by atoms with Crippen molar-refractivity contribution in [1.29, 1.82) is 0 Å². The molecule has 3 aromatic carbocycles. The van der Waals surface area contributed by atoms with Gasteiger partial charge in [0.2, 0.25) is 0 Å². The molecule has 0 fully saturated rings. The molecule has 0 heterocycles. The first-order valence-electron chi connectivity index (χ1n) is 12.7. The minimum atomic E-state index is -3.71. The molecule has 3 rings (SSSR count). The molecule has 38 heavy (non-hydrogen) atoms. The summed E-state index contributed by atoms with van der Waals surface area (Å²) in [6.07, 6.45) is 0.908. The second-order valence-electron chi connectivity index (χ2n) is 9.41. The summed E-state index contributed by atoms with van der Waals surface area (Å²) in [6.45, 7) is 3.84. The van der Waals surface area contributed by atoms with Gasteiger partial charge in [-0.15, -0.1) is 0 Å². The van der Waals surface area contributed by atoms with Gasteiger partial charge in [0.15, 0.2) is 11.6 Å². The van der Waals surface area contributed by atoms with Crippen LogP contribution in [0.25, 0.3) is 11.1 Å². The number of hydrogen-bond donors (Lipinski definition) is 0. The predicted octanol–water partition coefficient (Wildman–Crippen LogP) is 10.1. The fourth-order valence-corrected chi connectivity index (χ4v) is 4.47. The molecular formula is C30H31F7O. The van der Waals surface area contributed by atoms with Crippen molar-refractivity contribution in [2.45, 2.75) is 78.3 Å². The Balaban J connectivity index is 1.96. The molecule has 0 radical (unpaired) electrons. The zero-order valence-electron chi connectivity index (χ0n) is 21.6. The molecule has 3 aromatic rings. The van der Waals surface area contributed by atoms with Crippen LogP contribution in [0.2, 0.25) is 0 Å². The molecule has 0 bridgehead atoms. The molecule has 0 spiro atoms. The van der Waals surface area contributed by atoms with E-state index in [2.05, 4.69) is 6.92 Å². The van der Waals surface area contributed by atoms with Crippen molar-refractivity contribution in [2.75, 3.05) is 0 Å². The molecule has 0 aliphatic rings. The average molecular weight is 541 g/mol.